The molecule has 1 saturated heterocycles. The van der Waals surface area contributed by atoms with Crippen molar-refractivity contribution >= 4 is 28.1 Å². The van der Waals surface area contributed by atoms with E-state index in [1.54, 1.807) is 29.8 Å². The molecule has 9 heteroatoms. The molecule has 1 N–H and O–H groups in total. The number of amides is 1. The number of carbonyl (C=O) groups is 1. The second kappa shape index (κ2) is 9.09. The van der Waals surface area contributed by atoms with Crippen molar-refractivity contribution in [2.24, 2.45) is 0 Å². The highest BCUT2D eigenvalue weighted by Crippen LogP contribution is 2.25. The van der Waals surface area contributed by atoms with Gasteiger partial charge in [-0.25, -0.2) is 9.73 Å². The van der Waals surface area contributed by atoms with E-state index >= 15 is 0 Å². The molecule has 1 fully saturated rings. The highest BCUT2D eigenvalue weighted by atomic mass is 16.5. The minimum absolute atomic E-state index is 0.0623. The van der Waals surface area contributed by atoms with Crippen molar-refractivity contribution in [2.75, 3.05) is 38.2 Å². The minimum atomic E-state index is -0.350. The third-order valence-corrected chi connectivity index (χ3v) is 6.90. The molecule has 0 radical (unpaired) electrons. The lowest BCUT2D eigenvalue weighted by atomic mass is 10.1. The summed E-state index contributed by atoms with van der Waals surface area (Å²) in [4.78, 5) is 34.7. The number of fused-ring (bicyclic) bond motifs is 3. The zero-order valence-corrected chi connectivity index (χ0v) is 20.6. The molecule has 6 rings (SSSR count). The molecule has 37 heavy (non-hydrogen) atoms. The fourth-order valence-electron chi connectivity index (χ4n) is 4.89. The first-order chi connectivity index (χ1) is 18.0. The number of ether oxygens (including phenoxy) is 1. The predicted octanol–water partition coefficient (Wildman–Crippen LogP) is 3.52. The van der Waals surface area contributed by atoms with Crippen LogP contribution in [-0.4, -0.2) is 63.9 Å². The molecular weight excluding hydrogens is 468 g/mol. The number of methoxy groups -OCH3 is 1. The number of hydrogen-bond acceptors (Lipinski definition) is 6. The number of piperazine rings is 1. The lowest BCUT2D eigenvalue weighted by Crippen LogP contribution is -2.48. The first-order valence-electron chi connectivity index (χ1n) is 12.2. The molecule has 3 heterocycles. The number of aromatic nitrogens is 4. The van der Waals surface area contributed by atoms with E-state index in [0.717, 1.165) is 35.7 Å². The summed E-state index contributed by atoms with van der Waals surface area (Å²) >= 11 is 0. The summed E-state index contributed by atoms with van der Waals surface area (Å²) in [5.74, 6) is 0.758. The van der Waals surface area contributed by atoms with Crippen LogP contribution in [0.15, 0.2) is 71.5 Å². The SMILES string of the molecule is COc1ccc(N2CCN(C(=O)c3ccc4c(=O)nc5c(-c6cccc(C)c6)n[nH]n5c4c3)CC2)cc1. The van der Waals surface area contributed by atoms with Gasteiger partial charge in [0.2, 0.25) is 0 Å². The summed E-state index contributed by atoms with van der Waals surface area (Å²) in [5.41, 5.74) is 4.83. The standard InChI is InChI=1S/C28H26N6O3/c1-18-4-3-5-19(16-18)25-26-29-27(35)23-11-6-20(17-24(23)34(26)31-30-25)28(36)33-14-12-32(13-15-33)21-7-9-22(37-2)10-8-21/h3-11,16-17,31H,12-15H2,1-2H3. The van der Waals surface area contributed by atoms with Gasteiger partial charge in [-0.1, -0.05) is 23.8 Å². The lowest BCUT2D eigenvalue weighted by Gasteiger charge is -2.36. The van der Waals surface area contributed by atoms with E-state index in [2.05, 4.69) is 20.2 Å². The Balaban J connectivity index is 1.28. The smallest absolute Gasteiger partial charge is 0.281 e. The second-order valence-corrected chi connectivity index (χ2v) is 9.22. The van der Waals surface area contributed by atoms with Gasteiger partial charge in [0.25, 0.3) is 11.5 Å². The van der Waals surface area contributed by atoms with E-state index in [9.17, 15) is 9.59 Å². The van der Waals surface area contributed by atoms with Gasteiger partial charge in [0.15, 0.2) is 5.65 Å². The summed E-state index contributed by atoms with van der Waals surface area (Å²) in [6, 6.07) is 21.0. The Morgan fingerprint density at radius 1 is 0.973 bits per heavy atom. The topological polar surface area (TPSA) is 95.8 Å². The first-order valence-corrected chi connectivity index (χ1v) is 12.2. The van der Waals surface area contributed by atoms with Crippen LogP contribution in [0.5, 0.6) is 5.75 Å². The van der Waals surface area contributed by atoms with E-state index in [4.69, 9.17) is 4.74 Å². The monoisotopic (exact) mass is 494 g/mol. The summed E-state index contributed by atoms with van der Waals surface area (Å²) in [6.45, 7) is 4.69. The van der Waals surface area contributed by atoms with Gasteiger partial charge in [-0.3, -0.25) is 9.59 Å². The Labute approximate surface area is 212 Å². The molecule has 0 aliphatic carbocycles. The maximum absolute atomic E-state index is 13.4. The molecule has 5 aromatic rings. The van der Waals surface area contributed by atoms with Crippen molar-refractivity contribution in [1.82, 2.24) is 24.7 Å². The second-order valence-electron chi connectivity index (χ2n) is 9.22. The molecule has 0 spiro atoms. The number of nitrogens with one attached hydrogen (secondary N) is 1. The van der Waals surface area contributed by atoms with Crippen LogP contribution in [0.1, 0.15) is 15.9 Å². The number of rotatable bonds is 4. The lowest BCUT2D eigenvalue weighted by molar-refractivity contribution is 0.0747. The van der Waals surface area contributed by atoms with Crippen LogP contribution in [0.3, 0.4) is 0 Å². The Bertz CT molecular complexity index is 1680. The average molecular weight is 495 g/mol. The summed E-state index contributed by atoms with van der Waals surface area (Å²) < 4.78 is 6.92. The van der Waals surface area contributed by atoms with Crippen molar-refractivity contribution in [3.05, 3.63) is 88.2 Å². The maximum Gasteiger partial charge on any atom is 0.281 e. The van der Waals surface area contributed by atoms with E-state index in [1.165, 1.54) is 0 Å². The van der Waals surface area contributed by atoms with Crippen molar-refractivity contribution in [1.29, 1.82) is 0 Å². The molecule has 186 valence electrons. The van der Waals surface area contributed by atoms with E-state index in [-0.39, 0.29) is 11.5 Å². The van der Waals surface area contributed by atoms with E-state index in [1.807, 2.05) is 60.4 Å². The van der Waals surface area contributed by atoms with Crippen molar-refractivity contribution in [3.8, 4) is 17.0 Å². The highest BCUT2D eigenvalue weighted by Gasteiger charge is 2.23. The van der Waals surface area contributed by atoms with E-state index < -0.39 is 0 Å². The van der Waals surface area contributed by atoms with Crippen LogP contribution in [0.4, 0.5) is 5.69 Å². The highest BCUT2D eigenvalue weighted by molar-refractivity contribution is 5.98. The van der Waals surface area contributed by atoms with Crippen molar-refractivity contribution in [3.63, 3.8) is 0 Å². The Kier molecular flexibility index (Phi) is 5.60. The molecule has 1 aliphatic heterocycles. The van der Waals surface area contributed by atoms with Crippen LogP contribution < -0.4 is 15.2 Å². The minimum Gasteiger partial charge on any atom is -0.497 e. The molecule has 0 atom stereocenters. The molecule has 3 aromatic carbocycles. The quantitative estimate of drug-likeness (QED) is 0.411. The number of aryl methyl sites for hydroxylation is 1. The Hall–Kier alpha value is -4.66. The van der Waals surface area contributed by atoms with Gasteiger partial charge < -0.3 is 14.5 Å². The number of carbonyl (C=O) groups excluding carboxylic acids is 1. The maximum atomic E-state index is 13.4. The van der Waals surface area contributed by atoms with Gasteiger partial charge in [-0.05, 0) is 55.5 Å². The molecule has 0 saturated carbocycles. The summed E-state index contributed by atoms with van der Waals surface area (Å²) in [7, 11) is 1.65. The number of aromatic amines is 1. The van der Waals surface area contributed by atoms with Gasteiger partial charge in [-0.2, -0.15) is 10.1 Å². The van der Waals surface area contributed by atoms with Gasteiger partial charge in [0.1, 0.15) is 11.4 Å². The molecule has 2 aromatic heterocycles. The Morgan fingerprint density at radius 2 is 1.76 bits per heavy atom. The third kappa shape index (κ3) is 4.08. The molecule has 9 nitrogen and oxygen atoms in total. The van der Waals surface area contributed by atoms with E-state index in [0.29, 0.717) is 40.9 Å². The molecule has 0 bridgehead atoms. The van der Waals surface area contributed by atoms with Gasteiger partial charge in [0, 0.05) is 43.0 Å². The van der Waals surface area contributed by atoms with Crippen LogP contribution in [0.25, 0.3) is 27.8 Å². The normalized spacial score (nSPS) is 13.9. The summed E-state index contributed by atoms with van der Waals surface area (Å²) in [6.07, 6.45) is 0. The van der Waals surface area contributed by atoms with Gasteiger partial charge >= 0.3 is 0 Å². The number of anilines is 1. The van der Waals surface area contributed by atoms with Crippen LogP contribution in [-0.2, 0) is 0 Å². The summed E-state index contributed by atoms with van der Waals surface area (Å²) in [5, 5.41) is 7.85. The van der Waals surface area contributed by atoms with Crippen molar-refractivity contribution < 1.29 is 9.53 Å². The largest absolute Gasteiger partial charge is 0.497 e. The van der Waals surface area contributed by atoms with Crippen LogP contribution >= 0.6 is 0 Å². The number of nitrogens with zero attached hydrogens (tertiary/aromatic N) is 5. The van der Waals surface area contributed by atoms with Crippen molar-refractivity contribution in [2.45, 2.75) is 6.92 Å². The van der Waals surface area contributed by atoms with Gasteiger partial charge in [0.05, 0.1) is 18.0 Å². The average Bonchev–Trinajstić information content (AvgIpc) is 3.36. The number of hydrogen-bond donors (Lipinski definition) is 1. The molecule has 0 unspecified atom stereocenters. The Morgan fingerprint density at radius 3 is 2.49 bits per heavy atom. The number of H-pyrrole nitrogens is 1. The molecular formula is C28H26N6O3. The van der Waals surface area contributed by atoms with Crippen LogP contribution in [0, 0.1) is 6.92 Å². The first kappa shape index (κ1) is 22.8. The number of benzene rings is 3. The molecule has 1 amide bonds. The van der Waals surface area contributed by atoms with Gasteiger partial charge in [-0.15, -0.1) is 0 Å². The molecule has 1 aliphatic rings. The fourth-order valence-corrected chi connectivity index (χ4v) is 4.89. The zero-order valence-electron chi connectivity index (χ0n) is 20.6. The zero-order chi connectivity index (χ0) is 25.5. The fraction of sp³-hybridized carbons (Fsp3) is 0.214. The predicted molar refractivity (Wildman–Crippen MR) is 142 cm³/mol. The van der Waals surface area contributed by atoms with Crippen LogP contribution in [0.2, 0.25) is 0 Å². The third-order valence-electron chi connectivity index (χ3n) is 6.90.